The number of carboxylic acid groups (broad SMARTS) is 1. The summed E-state index contributed by atoms with van der Waals surface area (Å²) in [5, 5.41) is 42.7. The lowest BCUT2D eigenvalue weighted by Crippen LogP contribution is -2.55. The summed E-state index contributed by atoms with van der Waals surface area (Å²) in [5.74, 6) is -1.99. The molecule has 5 N–H and O–H groups in total. The van der Waals surface area contributed by atoms with Crippen LogP contribution in [0.25, 0.3) is 0 Å². The molecule has 1 spiro atoms. The van der Waals surface area contributed by atoms with Crippen LogP contribution in [0.3, 0.4) is 0 Å². The van der Waals surface area contributed by atoms with Gasteiger partial charge in [-0.25, -0.2) is 4.79 Å². The molecule has 32 heavy (non-hydrogen) atoms. The van der Waals surface area contributed by atoms with E-state index in [1.165, 1.54) is 0 Å². The Kier molecular flexibility index (Phi) is 4.38. The average Bonchev–Trinajstić information content (AvgIpc) is 3.08. The highest BCUT2D eigenvalue weighted by atomic mass is 16.5. The Labute approximate surface area is 185 Å². The number of amides is 1. The zero-order chi connectivity index (χ0) is 23.1. The molecule has 8 nitrogen and oxygen atoms in total. The van der Waals surface area contributed by atoms with Crippen LogP contribution in [0.1, 0.15) is 62.7 Å². The number of nitrogens with one attached hydrogen (secondary N) is 1. The molecule has 4 bridgehead atoms. The molecule has 1 aromatic rings. The van der Waals surface area contributed by atoms with E-state index in [2.05, 4.69) is 12.2 Å². The van der Waals surface area contributed by atoms with Crippen molar-refractivity contribution in [2.45, 2.75) is 64.1 Å². The molecule has 8 heteroatoms. The van der Waals surface area contributed by atoms with Crippen LogP contribution < -0.4 is 5.32 Å². The summed E-state index contributed by atoms with van der Waals surface area (Å²) in [4.78, 5) is 24.0. The molecule has 2 aliphatic heterocycles. The van der Waals surface area contributed by atoms with Gasteiger partial charge >= 0.3 is 5.97 Å². The summed E-state index contributed by atoms with van der Waals surface area (Å²) in [5.41, 5.74) is -1.35. The zero-order valence-corrected chi connectivity index (χ0v) is 18.2. The number of aliphatic hydroxyl groups excluding tert-OH is 1. The van der Waals surface area contributed by atoms with Crippen molar-refractivity contribution in [2.75, 3.05) is 5.32 Å². The van der Waals surface area contributed by atoms with E-state index in [1.54, 1.807) is 0 Å². The van der Waals surface area contributed by atoms with Gasteiger partial charge in [-0.3, -0.25) is 4.79 Å². The van der Waals surface area contributed by atoms with Crippen molar-refractivity contribution in [1.29, 1.82) is 0 Å². The number of anilines is 1. The topological polar surface area (TPSA) is 136 Å². The zero-order valence-electron chi connectivity index (χ0n) is 18.2. The van der Waals surface area contributed by atoms with Gasteiger partial charge in [0.15, 0.2) is 5.75 Å². The van der Waals surface area contributed by atoms with Crippen molar-refractivity contribution in [1.82, 2.24) is 0 Å². The largest absolute Gasteiger partial charge is 0.512 e. The van der Waals surface area contributed by atoms with E-state index in [9.17, 15) is 24.9 Å². The van der Waals surface area contributed by atoms with E-state index in [-0.39, 0.29) is 35.1 Å². The van der Waals surface area contributed by atoms with Gasteiger partial charge in [-0.05, 0) is 68.6 Å². The Morgan fingerprint density at radius 2 is 1.97 bits per heavy atom. The van der Waals surface area contributed by atoms with Crippen LogP contribution in [0.2, 0.25) is 0 Å². The number of hydrogen-bond donors (Lipinski definition) is 5. The van der Waals surface area contributed by atoms with Gasteiger partial charge in [0, 0.05) is 17.8 Å². The first-order valence-electron chi connectivity index (χ1n) is 11.1. The lowest BCUT2D eigenvalue weighted by molar-refractivity contribution is -0.173. The molecule has 0 radical (unpaired) electrons. The van der Waals surface area contributed by atoms with Gasteiger partial charge in [0.25, 0.3) is 0 Å². The predicted molar refractivity (Wildman–Crippen MR) is 115 cm³/mol. The fourth-order valence-electron chi connectivity index (χ4n) is 7.40. The molecule has 2 saturated carbocycles. The molecule has 6 rings (SSSR count). The Bertz CT molecular complexity index is 1050. The Morgan fingerprint density at radius 1 is 1.22 bits per heavy atom. The second-order valence-electron chi connectivity index (χ2n) is 10.5. The fraction of sp³-hybridized carbons (Fsp3) is 0.583. The SMILES string of the molecule is C[C@@]12C[C@]34CC=C(O)[C@](C)(CCC(=O)Nc5c(O)ccc(C(=O)O)c5O)[C@H]3[C@@H](C[C@H]1C4)O2. The molecule has 0 unspecified atom stereocenters. The summed E-state index contributed by atoms with van der Waals surface area (Å²) in [6.07, 6.45) is 6.26. The van der Waals surface area contributed by atoms with Crippen LogP contribution >= 0.6 is 0 Å². The highest BCUT2D eigenvalue weighted by Crippen LogP contribution is 2.73. The number of phenolic OH excluding ortho intramolecular Hbond substituents is 1. The number of carboxylic acids is 1. The third kappa shape index (κ3) is 2.78. The molecule has 172 valence electrons. The minimum absolute atomic E-state index is 0.0323. The first-order valence-corrected chi connectivity index (χ1v) is 11.1. The molecular weight excluding hydrogens is 414 g/mol. The number of benzene rings is 1. The maximum atomic E-state index is 12.7. The van der Waals surface area contributed by atoms with Crippen LogP contribution in [0.4, 0.5) is 5.69 Å². The van der Waals surface area contributed by atoms with E-state index >= 15 is 0 Å². The summed E-state index contributed by atoms with van der Waals surface area (Å²) >= 11 is 0. The van der Waals surface area contributed by atoms with Crippen LogP contribution in [0.5, 0.6) is 11.5 Å². The highest BCUT2D eigenvalue weighted by molar-refractivity contribution is 5.99. The maximum Gasteiger partial charge on any atom is 0.339 e. The van der Waals surface area contributed by atoms with E-state index in [0.29, 0.717) is 18.1 Å². The van der Waals surface area contributed by atoms with E-state index in [1.807, 2.05) is 13.0 Å². The second-order valence-corrected chi connectivity index (χ2v) is 10.5. The third-order valence-electron chi connectivity index (χ3n) is 8.68. The maximum absolute atomic E-state index is 12.7. The van der Waals surface area contributed by atoms with Crippen LogP contribution in [0.15, 0.2) is 24.0 Å². The molecule has 4 fully saturated rings. The summed E-state index contributed by atoms with van der Waals surface area (Å²) in [6.45, 7) is 4.20. The Balaban J connectivity index is 1.35. The number of carbonyl (C=O) groups is 2. The average molecular weight is 443 g/mol. The number of carbonyl (C=O) groups excluding carboxylic acids is 1. The standard InChI is InChI=1S/C24H29NO7/c1-22(7-6-17(28)25-18-14(26)4-3-13(19(18)29)21(30)31)16(27)5-8-24-10-12-9-15(20(22)24)32-23(12,2)11-24/h3-5,12,15,20,26-27,29H,6-11H2,1-2H3,(H,25,28)(H,30,31)/t12-,15+,20+,22-,23+,24+/m0/s1. The minimum Gasteiger partial charge on any atom is -0.512 e. The second kappa shape index (κ2) is 6.63. The third-order valence-corrected chi connectivity index (χ3v) is 8.68. The van der Waals surface area contributed by atoms with Crippen molar-refractivity contribution >= 4 is 17.6 Å². The number of hydrogen-bond acceptors (Lipinski definition) is 6. The smallest absolute Gasteiger partial charge is 0.339 e. The van der Waals surface area contributed by atoms with Crippen LogP contribution in [-0.2, 0) is 9.53 Å². The number of rotatable bonds is 5. The van der Waals surface area contributed by atoms with Crippen LogP contribution in [0, 0.1) is 22.7 Å². The van der Waals surface area contributed by atoms with Gasteiger partial charge in [-0.15, -0.1) is 0 Å². The first-order chi connectivity index (χ1) is 15.0. The van der Waals surface area contributed by atoms with Gasteiger partial charge in [0.05, 0.1) is 17.5 Å². The van der Waals surface area contributed by atoms with E-state index in [0.717, 1.165) is 37.8 Å². The van der Waals surface area contributed by atoms with Gasteiger partial charge in [0.2, 0.25) is 5.91 Å². The number of aliphatic hydroxyl groups is 1. The molecular formula is C24H29NO7. The number of aromatic hydroxyl groups is 2. The molecule has 0 aromatic heterocycles. The van der Waals surface area contributed by atoms with E-state index in [4.69, 9.17) is 9.84 Å². The molecule has 1 amide bonds. The van der Waals surface area contributed by atoms with Gasteiger partial charge < -0.3 is 30.5 Å². The minimum atomic E-state index is -1.37. The predicted octanol–water partition coefficient (Wildman–Crippen LogP) is 3.94. The first kappa shape index (κ1) is 21.1. The lowest BCUT2D eigenvalue weighted by Gasteiger charge is -2.57. The summed E-state index contributed by atoms with van der Waals surface area (Å²) in [7, 11) is 0. The number of aromatic carboxylic acids is 1. The molecule has 6 atom stereocenters. The Hall–Kier alpha value is -2.74. The van der Waals surface area contributed by atoms with Crippen LogP contribution in [-0.4, -0.2) is 44.0 Å². The molecule has 2 heterocycles. The summed E-state index contributed by atoms with van der Waals surface area (Å²) in [6, 6.07) is 2.18. The molecule has 3 aliphatic carbocycles. The van der Waals surface area contributed by atoms with Gasteiger partial charge in [-0.2, -0.15) is 0 Å². The summed E-state index contributed by atoms with van der Waals surface area (Å²) < 4.78 is 6.46. The Morgan fingerprint density at radius 3 is 2.66 bits per heavy atom. The number of ether oxygens (including phenoxy) is 1. The monoisotopic (exact) mass is 443 g/mol. The van der Waals surface area contributed by atoms with Crippen molar-refractivity contribution in [2.24, 2.45) is 22.7 Å². The lowest BCUT2D eigenvalue weighted by atomic mass is 9.50. The molecule has 2 saturated heterocycles. The van der Waals surface area contributed by atoms with Gasteiger partial charge in [-0.1, -0.05) is 6.92 Å². The number of phenols is 2. The number of allylic oxidation sites excluding steroid dienone is 2. The highest BCUT2D eigenvalue weighted by Gasteiger charge is 2.71. The van der Waals surface area contributed by atoms with Crippen molar-refractivity contribution < 1.29 is 34.8 Å². The quantitative estimate of drug-likeness (QED) is 0.435. The normalized spacial score (nSPS) is 38.9. The molecule has 1 aromatic carbocycles. The van der Waals surface area contributed by atoms with Gasteiger partial charge in [0.1, 0.15) is 17.0 Å². The van der Waals surface area contributed by atoms with Crippen molar-refractivity contribution in [3.63, 3.8) is 0 Å². The van der Waals surface area contributed by atoms with E-state index < -0.39 is 34.4 Å². The van der Waals surface area contributed by atoms with Crippen molar-refractivity contribution in [3.05, 3.63) is 29.5 Å². The fourth-order valence-corrected chi connectivity index (χ4v) is 7.40. The molecule has 5 aliphatic rings. The van der Waals surface area contributed by atoms with Crippen molar-refractivity contribution in [3.8, 4) is 11.5 Å².